The Labute approximate surface area is 178 Å². The van der Waals surface area contributed by atoms with Crippen molar-refractivity contribution in [2.75, 3.05) is 25.4 Å². The molecule has 1 N–H and O–H groups in total. The predicted molar refractivity (Wildman–Crippen MR) is 118 cm³/mol. The Hall–Kier alpha value is -2.58. The van der Waals surface area contributed by atoms with Crippen LogP contribution in [0.2, 0.25) is 0 Å². The van der Waals surface area contributed by atoms with E-state index >= 15 is 0 Å². The Balaban J connectivity index is 1.80. The van der Waals surface area contributed by atoms with E-state index < -0.39 is 15.8 Å². The fraction of sp³-hybridized carbons (Fsp3) is 0.409. The maximum atomic E-state index is 12.9. The molecule has 0 aliphatic carbocycles. The second kappa shape index (κ2) is 7.92. The summed E-state index contributed by atoms with van der Waals surface area (Å²) < 4.78 is 33.0. The third-order valence-corrected chi connectivity index (χ3v) is 7.06. The zero-order valence-corrected chi connectivity index (χ0v) is 19.1. The van der Waals surface area contributed by atoms with E-state index in [0.717, 1.165) is 21.2 Å². The first-order valence-electron chi connectivity index (χ1n) is 9.77. The molecule has 0 bridgehead atoms. The van der Waals surface area contributed by atoms with Crippen molar-refractivity contribution in [1.29, 1.82) is 0 Å². The first kappa shape index (κ1) is 22.1. The highest BCUT2D eigenvalue weighted by molar-refractivity contribution is 7.90. The van der Waals surface area contributed by atoms with Crippen LogP contribution in [0.4, 0.5) is 5.69 Å². The van der Waals surface area contributed by atoms with Crippen LogP contribution < -0.4 is 14.4 Å². The van der Waals surface area contributed by atoms with E-state index in [1.807, 2.05) is 39.0 Å². The van der Waals surface area contributed by atoms with Gasteiger partial charge in [-0.15, -0.1) is 0 Å². The molecule has 2 aromatic rings. The maximum Gasteiger partial charge on any atom is 0.303 e. The summed E-state index contributed by atoms with van der Waals surface area (Å²) in [6, 6.07) is 12.3. The largest absolute Gasteiger partial charge is 0.487 e. The third kappa shape index (κ3) is 4.44. The molecular weight excluding hydrogens is 402 g/mol. The highest BCUT2D eigenvalue weighted by Gasteiger charge is 2.34. The molecule has 0 radical (unpaired) electrons. The lowest BCUT2D eigenvalue weighted by Crippen LogP contribution is -2.41. The van der Waals surface area contributed by atoms with Gasteiger partial charge < -0.3 is 10.1 Å². The molecular formula is C22H29N3O4S. The molecule has 1 aliphatic heterocycles. The molecule has 30 heavy (non-hydrogen) atoms. The highest BCUT2D eigenvalue weighted by atomic mass is 32.2. The van der Waals surface area contributed by atoms with Crippen LogP contribution in [0.25, 0.3) is 0 Å². The average Bonchev–Trinajstić information content (AvgIpc) is 2.66. The molecule has 7 nitrogen and oxygen atoms in total. The molecule has 0 aromatic heterocycles. The van der Waals surface area contributed by atoms with Gasteiger partial charge in [0.1, 0.15) is 11.4 Å². The number of benzene rings is 2. The summed E-state index contributed by atoms with van der Waals surface area (Å²) >= 11 is 0. The van der Waals surface area contributed by atoms with Crippen LogP contribution in [0.3, 0.4) is 0 Å². The Morgan fingerprint density at radius 1 is 1.10 bits per heavy atom. The lowest BCUT2D eigenvalue weighted by molar-refractivity contribution is 0.0619. The van der Waals surface area contributed by atoms with E-state index in [2.05, 4.69) is 5.32 Å². The second-order valence-electron chi connectivity index (χ2n) is 8.44. The van der Waals surface area contributed by atoms with Crippen molar-refractivity contribution in [3.63, 3.8) is 0 Å². The fourth-order valence-corrected chi connectivity index (χ4v) is 4.41. The number of fused-ring (bicyclic) bond motifs is 1. The van der Waals surface area contributed by atoms with E-state index in [1.165, 1.54) is 25.4 Å². The van der Waals surface area contributed by atoms with Crippen LogP contribution in [0.1, 0.15) is 47.8 Å². The van der Waals surface area contributed by atoms with Gasteiger partial charge in [0.25, 0.3) is 5.91 Å². The van der Waals surface area contributed by atoms with Crippen LogP contribution in [0.5, 0.6) is 5.75 Å². The summed E-state index contributed by atoms with van der Waals surface area (Å²) in [7, 11) is 0.845. The molecule has 1 atom stereocenters. The molecule has 2 aromatic carbocycles. The van der Waals surface area contributed by atoms with Crippen molar-refractivity contribution < 1.29 is 17.9 Å². The number of amides is 1. The van der Waals surface area contributed by atoms with Gasteiger partial charge in [0.05, 0.1) is 11.7 Å². The first-order valence-corrected chi connectivity index (χ1v) is 11.2. The molecule has 0 saturated heterocycles. The second-order valence-corrected chi connectivity index (χ2v) is 10.6. The summed E-state index contributed by atoms with van der Waals surface area (Å²) in [5.41, 5.74) is 2.61. The number of carbonyl (C=O) groups excluding carboxylic acids is 1. The summed E-state index contributed by atoms with van der Waals surface area (Å²) in [5, 5.41) is 3.10. The van der Waals surface area contributed by atoms with Gasteiger partial charge in [-0.1, -0.05) is 12.1 Å². The summed E-state index contributed by atoms with van der Waals surface area (Å²) in [6.07, 6.45) is 0.650. The quantitative estimate of drug-likeness (QED) is 0.788. The number of nitrogens with zero attached hydrogens (tertiary/aromatic N) is 2. The van der Waals surface area contributed by atoms with Crippen LogP contribution in [0.15, 0.2) is 42.5 Å². The Bertz CT molecular complexity index is 1050. The molecule has 0 spiro atoms. The minimum atomic E-state index is -3.58. The monoisotopic (exact) mass is 431 g/mol. The first-order chi connectivity index (χ1) is 13.9. The smallest absolute Gasteiger partial charge is 0.303 e. The minimum Gasteiger partial charge on any atom is -0.487 e. The van der Waals surface area contributed by atoms with Gasteiger partial charge in [0.2, 0.25) is 0 Å². The van der Waals surface area contributed by atoms with E-state index in [4.69, 9.17) is 4.74 Å². The third-order valence-electron chi connectivity index (χ3n) is 5.23. The van der Waals surface area contributed by atoms with Crippen LogP contribution in [0, 0.1) is 6.92 Å². The molecule has 162 valence electrons. The molecule has 1 heterocycles. The van der Waals surface area contributed by atoms with Crippen molar-refractivity contribution in [3.05, 3.63) is 59.2 Å². The predicted octanol–water partition coefficient (Wildman–Crippen LogP) is 3.27. The topological polar surface area (TPSA) is 79.0 Å². The zero-order valence-electron chi connectivity index (χ0n) is 18.3. The lowest BCUT2D eigenvalue weighted by atomic mass is 9.89. The summed E-state index contributed by atoms with van der Waals surface area (Å²) in [6.45, 7) is 6.02. The molecule has 8 heteroatoms. The molecule has 1 amide bonds. The lowest BCUT2D eigenvalue weighted by Gasteiger charge is -2.38. The van der Waals surface area contributed by atoms with E-state index in [-0.39, 0.29) is 11.9 Å². The van der Waals surface area contributed by atoms with E-state index in [9.17, 15) is 13.2 Å². The van der Waals surface area contributed by atoms with Crippen LogP contribution in [-0.4, -0.2) is 45.4 Å². The van der Waals surface area contributed by atoms with Crippen molar-refractivity contribution in [1.82, 2.24) is 9.62 Å². The van der Waals surface area contributed by atoms with Gasteiger partial charge in [-0.3, -0.25) is 9.10 Å². The minimum absolute atomic E-state index is 0.173. The maximum absolute atomic E-state index is 12.9. The van der Waals surface area contributed by atoms with Crippen molar-refractivity contribution in [2.24, 2.45) is 0 Å². The molecule has 3 rings (SSSR count). The Morgan fingerprint density at radius 3 is 2.33 bits per heavy atom. The normalized spacial score (nSPS) is 17.8. The van der Waals surface area contributed by atoms with Gasteiger partial charge in [0, 0.05) is 38.7 Å². The molecule has 0 saturated carbocycles. The molecule has 0 fully saturated rings. The fourth-order valence-electron chi connectivity index (χ4n) is 3.53. The SMILES string of the molecule is Cc1ccc2c(c1)OC(C)(C)C[C@@H]2NC(=O)c1ccc(N(C)S(=O)(=O)N(C)C)cc1. The average molecular weight is 432 g/mol. The van der Waals surface area contributed by atoms with E-state index in [1.54, 1.807) is 24.3 Å². The summed E-state index contributed by atoms with van der Waals surface area (Å²) in [4.78, 5) is 12.9. The van der Waals surface area contributed by atoms with Gasteiger partial charge in [-0.25, -0.2) is 0 Å². The van der Waals surface area contributed by atoms with Gasteiger partial charge in [-0.2, -0.15) is 12.7 Å². The number of aryl methyl sites for hydroxylation is 1. The number of ether oxygens (including phenoxy) is 1. The number of carbonyl (C=O) groups is 1. The number of hydrogen-bond acceptors (Lipinski definition) is 4. The van der Waals surface area contributed by atoms with Gasteiger partial charge in [0.15, 0.2) is 0 Å². The summed E-state index contributed by atoms with van der Waals surface area (Å²) in [5.74, 6) is 0.580. The number of hydrogen-bond donors (Lipinski definition) is 1. The zero-order chi connectivity index (χ0) is 22.3. The standard InChI is InChI=1S/C22H29N3O4S/c1-15-7-12-18-19(14-22(2,3)29-20(18)13-15)23-21(26)16-8-10-17(11-9-16)25(6)30(27,28)24(4)5/h7-13,19H,14H2,1-6H3,(H,23,26)/t19-/m0/s1. The van der Waals surface area contributed by atoms with Crippen LogP contribution in [-0.2, 0) is 10.2 Å². The van der Waals surface area contributed by atoms with Crippen LogP contribution >= 0.6 is 0 Å². The molecule has 1 aliphatic rings. The van der Waals surface area contributed by atoms with Gasteiger partial charge >= 0.3 is 10.2 Å². The number of anilines is 1. The Kier molecular flexibility index (Phi) is 5.84. The van der Waals surface area contributed by atoms with Gasteiger partial charge in [-0.05, 0) is 56.7 Å². The van der Waals surface area contributed by atoms with Crippen molar-refractivity contribution >= 4 is 21.8 Å². The van der Waals surface area contributed by atoms with E-state index in [0.29, 0.717) is 17.7 Å². The Morgan fingerprint density at radius 2 is 1.73 bits per heavy atom. The van der Waals surface area contributed by atoms with Crippen molar-refractivity contribution in [2.45, 2.75) is 38.8 Å². The van der Waals surface area contributed by atoms with Crippen molar-refractivity contribution in [3.8, 4) is 5.75 Å². The number of nitrogens with one attached hydrogen (secondary N) is 1. The molecule has 0 unspecified atom stereocenters. The highest BCUT2D eigenvalue weighted by Crippen LogP contribution is 2.40. The number of rotatable bonds is 5.